The Bertz CT molecular complexity index is 433. The van der Waals surface area contributed by atoms with Crippen molar-refractivity contribution in [1.82, 2.24) is 9.97 Å². The molecule has 0 radical (unpaired) electrons. The van der Waals surface area contributed by atoms with Gasteiger partial charge < -0.3 is 9.64 Å². The van der Waals surface area contributed by atoms with Crippen LogP contribution in [0.3, 0.4) is 0 Å². The Morgan fingerprint density at radius 1 is 1.42 bits per heavy atom. The zero-order valence-corrected chi connectivity index (χ0v) is 12.4. The summed E-state index contributed by atoms with van der Waals surface area (Å²) in [7, 11) is 1.40. The summed E-state index contributed by atoms with van der Waals surface area (Å²) in [6.45, 7) is 9.12. The van der Waals surface area contributed by atoms with E-state index >= 15 is 0 Å². The number of aromatic nitrogens is 2. The summed E-state index contributed by atoms with van der Waals surface area (Å²) in [4.78, 5) is 22.4. The fraction of sp³-hybridized carbons (Fsp3) is 0.643. The lowest BCUT2D eigenvalue weighted by Crippen LogP contribution is -2.32. The summed E-state index contributed by atoms with van der Waals surface area (Å²) in [6, 6.07) is 1.91. The maximum atomic E-state index is 11.5. The molecule has 0 saturated carbocycles. The number of anilines is 1. The highest BCUT2D eigenvalue weighted by Crippen LogP contribution is 2.17. The Hall–Kier alpha value is -1.65. The van der Waals surface area contributed by atoms with Gasteiger partial charge in [0.25, 0.3) is 0 Å². The molecule has 106 valence electrons. The average molecular weight is 265 g/mol. The fourth-order valence-electron chi connectivity index (χ4n) is 1.76. The molecule has 5 heteroatoms. The monoisotopic (exact) mass is 265 g/mol. The number of hydrogen-bond acceptors (Lipinski definition) is 5. The molecule has 0 atom stereocenters. The van der Waals surface area contributed by atoms with Crippen LogP contribution in [0.1, 0.15) is 44.6 Å². The van der Waals surface area contributed by atoms with Crippen LogP contribution < -0.4 is 4.90 Å². The summed E-state index contributed by atoms with van der Waals surface area (Å²) in [5.74, 6) is 1.61. The molecule has 0 N–H and O–H groups in total. The maximum Gasteiger partial charge on any atom is 0.325 e. The predicted molar refractivity (Wildman–Crippen MR) is 75.4 cm³/mol. The molecule has 0 aromatic carbocycles. The van der Waals surface area contributed by atoms with Gasteiger partial charge in [0.2, 0.25) is 0 Å². The molecule has 0 aliphatic heterocycles. The van der Waals surface area contributed by atoms with Gasteiger partial charge in [-0.2, -0.15) is 0 Å². The topological polar surface area (TPSA) is 55.3 Å². The van der Waals surface area contributed by atoms with Crippen LogP contribution in [0.15, 0.2) is 6.07 Å². The second-order valence-corrected chi connectivity index (χ2v) is 4.88. The normalized spacial score (nSPS) is 10.6. The Labute approximate surface area is 115 Å². The summed E-state index contributed by atoms with van der Waals surface area (Å²) in [5.41, 5.74) is 0.916. The molecule has 1 aromatic rings. The van der Waals surface area contributed by atoms with Crippen LogP contribution in [0.5, 0.6) is 0 Å². The lowest BCUT2D eigenvalue weighted by molar-refractivity contribution is -0.138. The molecular weight excluding hydrogens is 242 g/mol. The van der Waals surface area contributed by atoms with E-state index in [1.54, 1.807) is 0 Å². The molecule has 0 amide bonds. The first-order chi connectivity index (χ1) is 8.97. The van der Waals surface area contributed by atoms with Crippen molar-refractivity contribution < 1.29 is 9.53 Å². The average Bonchev–Trinajstić information content (AvgIpc) is 2.37. The second-order valence-electron chi connectivity index (χ2n) is 4.88. The Kier molecular flexibility index (Phi) is 5.73. The maximum absolute atomic E-state index is 11.5. The van der Waals surface area contributed by atoms with E-state index in [1.165, 1.54) is 7.11 Å². The number of ether oxygens (including phenoxy) is 1. The van der Waals surface area contributed by atoms with Crippen LogP contribution in [-0.4, -0.2) is 36.1 Å². The fourth-order valence-corrected chi connectivity index (χ4v) is 1.76. The minimum atomic E-state index is -0.254. The van der Waals surface area contributed by atoms with Crippen molar-refractivity contribution in [3.63, 3.8) is 0 Å². The van der Waals surface area contributed by atoms with Crippen LogP contribution >= 0.6 is 0 Å². The van der Waals surface area contributed by atoms with Gasteiger partial charge in [0.1, 0.15) is 18.2 Å². The van der Waals surface area contributed by atoms with Gasteiger partial charge in [-0.15, -0.1) is 0 Å². The van der Waals surface area contributed by atoms with E-state index < -0.39 is 0 Å². The molecule has 0 unspecified atom stereocenters. The molecule has 0 aliphatic carbocycles. The Balaban J connectivity index is 3.03. The van der Waals surface area contributed by atoms with E-state index in [0.717, 1.165) is 30.3 Å². The quantitative estimate of drug-likeness (QED) is 0.739. The molecule has 0 fully saturated rings. The van der Waals surface area contributed by atoms with Crippen molar-refractivity contribution in [2.75, 3.05) is 25.1 Å². The lowest BCUT2D eigenvalue weighted by atomic mass is 10.2. The summed E-state index contributed by atoms with van der Waals surface area (Å²) in [6.07, 6.45) is 0.942. The zero-order valence-electron chi connectivity index (χ0n) is 12.4. The summed E-state index contributed by atoms with van der Waals surface area (Å²) < 4.78 is 4.73. The number of carbonyl (C=O) groups is 1. The molecule has 0 spiro atoms. The highest BCUT2D eigenvalue weighted by molar-refractivity contribution is 5.75. The van der Waals surface area contributed by atoms with Crippen molar-refractivity contribution >= 4 is 11.8 Å². The third-order valence-electron chi connectivity index (χ3n) is 2.74. The molecule has 0 aliphatic rings. The van der Waals surface area contributed by atoms with Crippen molar-refractivity contribution in [3.05, 3.63) is 17.6 Å². The van der Waals surface area contributed by atoms with Crippen molar-refractivity contribution in [2.24, 2.45) is 0 Å². The smallest absolute Gasteiger partial charge is 0.325 e. The van der Waals surface area contributed by atoms with E-state index in [-0.39, 0.29) is 18.4 Å². The van der Waals surface area contributed by atoms with Crippen LogP contribution in [-0.2, 0) is 9.53 Å². The highest BCUT2D eigenvalue weighted by atomic mass is 16.5. The standard InChI is InChI=1S/C14H23N3O2/c1-6-7-17(9-13(18)19-5)12-8-11(4)15-14(16-12)10(2)3/h8,10H,6-7,9H2,1-5H3. The zero-order chi connectivity index (χ0) is 14.4. The molecule has 19 heavy (non-hydrogen) atoms. The van der Waals surface area contributed by atoms with Gasteiger partial charge in [-0.25, -0.2) is 9.97 Å². The van der Waals surface area contributed by atoms with Crippen LogP contribution in [0, 0.1) is 6.92 Å². The van der Waals surface area contributed by atoms with E-state index in [2.05, 4.69) is 30.7 Å². The van der Waals surface area contributed by atoms with Crippen molar-refractivity contribution in [3.8, 4) is 0 Å². The molecule has 1 rings (SSSR count). The number of aryl methyl sites for hydroxylation is 1. The lowest BCUT2D eigenvalue weighted by Gasteiger charge is -2.23. The van der Waals surface area contributed by atoms with Gasteiger partial charge in [0.15, 0.2) is 0 Å². The predicted octanol–water partition coefficient (Wildman–Crippen LogP) is 2.30. The largest absolute Gasteiger partial charge is 0.468 e. The summed E-state index contributed by atoms with van der Waals surface area (Å²) >= 11 is 0. The van der Waals surface area contributed by atoms with Gasteiger partial charge in [0, 0.05) is 24.2 Å². The summed E-state index contributed by atoms with van der Waals surface area (Å²) in [5, 5.41) is 0. The van der Waals surface area contributed by atoms with Gasteiger partial charge in [0.05, 0.1) is 7.11 Å². The third-order valence-corrected chi connectivity index (χ3v) is 2.74. The van der Waals surface area contributed by atoms with E-state index in [9.17, 15) is 4.79 Å². The molecule has 0 bridgehead atoms. The number of hydrogen-bond donors (Lipinski definition) is 0. The van der Waals surface area contributed by atoms with E-state index in [1.807, 2.05) is 17.9 Å². The van der Waals surface area contributed by atoms with E-state index in [0.29, 0.717) is 0 Å². The van der Waals surface area contributed by atoms with Gasteiger partial charge in [-0.3, -0.25) is 4.79 Å². The van der Waals surface area contributed by atoms with Gasteiger partial charge in [-0.1, -0.05) is 20.8 Å². The first-order valence-corrected chi connectivity index (χ1v) is 6.65. The van der Waals surface area contributed by atoms with Crippen molar-refractivity contribution in [2.45, 2.75) is 40.0 Å². The SMILES string of the molecule is CCCN(CC(=O)OC)c1cc(C)nc(C(C)C)n1. The molecule has 5 nitrogen and oxygen atoms in total. The second kappa shape index (κ2) is 7.07. The minimum absolute atomic E-state index is 0.221. The number of nitrogens with zero attached hydrogens (tertiary/aromatic N) is 3. The van der Waals surface area contributed by atoms with Crippen molar-refractivity contribution in [1.29, 1.82) is 0 Å². The molecule has 1 aromatic heterocycles. The van der Waals surface area contributed by atoms with Crippen LogP contribution in [0.4, 0.5) is 5.82 Å². The van der Waals surface area contributed by atoms with E-state index in [4.69, 9.17) is 4.74 Å². The molecule has 0 saturated heterocycles. The Morgan fingerprint density at radius 3 is 2.63 bits per heavy atom. The minimum Gasteiger partial charge on any atom is -0.468 e. The molecular formula is C14H23N3O2. The first-order valence-electron chi connectivity index (χ1n) is 6.65. The number of rotatable bonds is 6. The van der Waals surface area contributed by atoms with Crippen LogP contribution in [0.25, 0.3) is 0 Å². The molecule has 1 heterocycles. The first kappa shape index (κ1) is 15.4. The highest BCUT2D eigenvalue weighted by Gasteiger charge is 2.15. The van der Waals surface area contributed by atoms with Crippen LogP contribution in [0.2, 0.25) is 0 Å². The Morgan fingerprint density at radius 2 is 2.11 bits per heavy atom. The number of carbonyl (C=O) groups excluding carboxylic acids is 1. The van der Waals surface area contributed by atoms with Gasteiger partial charge >= 0.3 is 5.97 Å². The van der Waals surface area contributed by atoms with Gasteiger partial charge in [-0.05, 0) is 13.3 Å². The number of esters is 1. The number of methoxy groups -OCH3 is 1. The third kappa shape index (κ3) is 4.50.